The fourth-order valence-electron chi connectivity index (χ4n) is 1.65. The van der Waals surface area contributed by atoms with E-state index in [1.54, 1.807) is 15.9 Å². The lowest BCUT2D eigenvalue weighted by Crippen LogP contribution is -2.21. The zero-order chi connectivity index (χ0) is 13.3. The predicted molar refractivity (Wildman–Crippen MR) is 75.4 cm³/mol. The van der Waals surface area contributed by atoms with E-state index in [4.69, 9.17) is 0 Å². The summed E-state index contributed by atoms with van der Waals surface area (Å²) in [5.74, 6) is 0. The molecule has 96 valence electrons. The predicted octanol–water partition coefficient (Wildman–Crippen LogP) is 2.96. The van der Waals surface area contributed by atoms with Crippen molar-refractivity contribution in [1.29, 1.82) is 0 Å². The number of hydrogen-bond acceptors (Lipinski definition) is 3. The van der Waals surface area contributed by atoms with Crippen LogP contribution in [0.2, 0.25) is 0 Å². The molecule has 0 aliphatic heterocycles. The highest BCUT2D eigenvalue weighted by Gasteiger charge is 2.17. The quantitative estimate of drug-likeness (QED) is 0.834. The highest BCUT2D eigenvalue weighted by Crippen LogP contribution is 2.24. The fourth-order valence-corrected chi connectivity index (χ4v) is 2.67. The second-order valence-electron chi connectivity index (χ2n) is 5.50. The Hall–Kier alpha value is -1.42. The standard InChI is InChI=1S/C14H18N2OS/c1-10-6-5-7-16(13(10)17)8-12-15-11(9-18-12)14(2,3)4/h5-7,9H,8H2,1-4H3. The first-order valence-electron chi connectivity index (χ1n) is 5.99. The molecule has 2 aromatic rings. The summed E-state index contributed by atoms with van der Waals surface area (Å²) >= 11 is 1.61. The Morgan fingerprint density at radius 1 is 1.39 bits per heavy atom. The number of rotatable bonds is 2. The molecule has 3 nitrogen and oxygen atoms in total. The van der Waals surface area contributed by atoms with Crippen molar-refractivity contribution in [2.45, 2.75) is 39.7 Å². The molecule has 0 aliphatic rings. The van der Waals surface area contributed by atoms with Crippen LogP contribution in [0, 0.1) is 6.92 Å². The summed E-state index contributed by atoms with van der Waals surface area (Å²) < 4.78 is 1.71. The molecular formula is C14H18N2OS. The molecule has 0 saturated heterocycles. The summed E-state index contributed by atoms with van der Waals surface area (Å²) in [5, 5.41) is 3.06. The van der Waals surface area contributed by atoms with Gasteiger partial charge < -0.3 is 4.57 Å². The first-order valence-corrected chi connectivity index (χ1v) is 6.87. The van der Waals surface area contributed by atoms with Gasteiger partial charge in [-0.05, 0) is 13.0 Å². The summed E-state index contributed by atoms with van der Waals surface area (Å²) in [6.07, 6.45) is 1.81. The zero-order valence-electron chi connectivity index (χ0n) is 11.2. The molecule has 0 atom stereocenters. The molecule has 0 saturated carbocycles. The molecule has 2 aromatic heterocycles. The van der Waals surface area contributed by atoms with Gasteiger partial charge in [0, 0.05) is 22.6 Å². The van der Waals surface area contributed by atoms with Gasteiger partial charge in [-0.2, -0.15) is 0 Å². The Labute approximate surface area is 111 Å². The van der Waals surface area contributed by atoms with Gasteiger partial charge in [-0.15, -0.1) is 11.3 Å². The molecule has 0 N–H and O–H groups in total. The maximum absolute atomic E-state index is 11.9. The molecule has 0 unspecified atom stereocenters. The van der Waals surface area contributed by atoms with E-state index in [1.807, 2.05) is 25.3 Å². The van der Waals surface area contributed by atoms with Crippen LogP contribution in [-0.4, -0.2) is 9.55 Å². The molecule has 2 rings (SSSR count). The first kappa shape index (κ1) is 13.0. The molecule has 0 aliphatic carbocycles. The van der Waals surface area contributed by atoms with Crippen LogP contribution in [0.4, 0.5) is 0 Å². The highest BCUT2D eigenvalue weighted by molar-refractivity contribution is 7.09. The minimum atomic E-state index is 0.0602. The summed E-state index contributed by atoms with van der Waals surface area (Å²) in [5.41, 5.74) is 1.98. The molecule has 0 bridgehead atoms. The van der Waals surface area contributed by atoms with E-state index in [1.165, 1.54) is 0 Å². The Morgan fingerprint density at radius 2 is 2.11 bits per heavy atom. The van der Waals surface area contributed by atoms with Crippen molar-refractivity contribution in [3.8, 4) is 0 Å². The Bertz CT molecular complexity index is 605. The summed E-state index contributed by atoms with van der Waals surface area (Å²) in [6, 6.07) is 3.73. The third-order valence-electron chi connectivity index (χ3n) is 2.84. The SMILES string of the molecule is Cc1cccn(Cc2nc(C(C)(C)C)cs2)c1=O. The molecule has 0 aromatic carbocycles. The van der Waals surface area contributed by atoms with Crippen molar-refractivity contribution >= 4 is 11.3 Å². The van der Waals surface area contributed by atoms with Crippen LogP contribution < -0.4 is 5.56 Å². The minimum Gasteiger partial charge on any atom is -0.308 e. The second kappa shape index (κ2) is 4.69. The number of nitrogens with zero attached hydrogens (tertiary/aromatic N) is 2. The Kier molecular flexibility index (Phi) is 3.39. The minimum absolute atomic E-state index is 0.0602. The van der Waals surface area contributed by atoms with Crippen molar-refractivity contribution in [2.75, 3.05) is 0 Å². The van der Waals surface area contributed by atoms with E-state index in [9.17, 15) is 4.79 Å². The van der Waals surface area contributed by atoms with Crippen LogP contribution in [0.3, 0.4) is 0 Å². The fraction of sp³-hybridized carbons (Fsp3) is 0.429. The molecular weight excluding hydrogens is 244 g/mol. The van der Waals surface area contributed by atoms with Gasteiger partial charge in [0.25, 0.3) is 5.56 Å². The van der Waals surface area contributed by atoms with Crippen LogP contribution in [0.25, 0.3) is 0 Å². The average molecular weight is 262 g/mol. The van der Waals surface area contributed by atoms with Crippen molar-refractivity contribution in [2.24, 2.45) is 0 Å². The molecule has 2 heterocycles. The van der Waals surface area contributed by atoms with Gasteiger partial charge >= 0.3 is 0 Å². The van der Waals surface area contributed by atoms with E-state index < -0.39 is 0 Å². The van der Waals surface area contributed by atoms with Crippen LogP contribution in [0.15, 0.2) is 28.5 Å². The lowest BCUT2D eigenvalue weighted by molar-refractivity contribution is 0.569. The van der Waals surface area contributed by atoms with Crippen LogP contribution in [-0.2, 0) is 12.0 Å². The van der Waals surface area contributed by atoms with Gasteiger partial charge in [0.15, 0.2) is 0 Å². The highest BCUT2D eigenvalue weighted by atomic mass is 32.1. The van der Waals surface area contributed by atoms with E-state index in [-0.39, 0.29) is 11.0 Å². The Morgan fingerprint density at radius 3 is 2.72 bits per heavy atom. The first-order chi connectivity index (χ1) is 8.38. The normalized spacial score (nSPS) is 11.8. The van der Waals surface area contributed by atoms with E-state index in [0.717, 1.165) is 16.3 Å². The van der Waals surface area contributed by atoms with Crippen molar-refractivity contribution < 1.29 is 0 Å². The summed E-state index contributed by atoms with van der Waals surface area (Å²) in [6.45, 7) is 8.82. The topological polar surface area (TPSA) is 34.9 Å². The zero-order valence-corrected chi connectivity index (χ0v) is 12.0. The second-order valence-corrected chi connectivity index (χ2v) is 6.44. The number of thiazole rings is 1. The van der Waals surface area contributed by atoms with Gasteiger partial charge in [-0.1, -0.05) is 26.8 Å². The summed E-state index contributed by atoms with van der Waals surface area (Å²) in [7, 11) is 0. The monoisotopic (exact) mass is 262 g/mol. The largest absolute Gasteiger partial charge is 0.308 e. The van der Waals surface area contributed by atoms with Crippen LogP contribution in [0.5, 0.6) is 0 Å². The van der Waals surface area contributed by atoms with E-state index >= 15 is 0 Å². The molecule has 18 heavy (non-hydrogen) atoms. The number of hydrogen-bond donors (Lipinski definition) is 0. The lowest BCUT2D eigenvalue weighted by atomic mass is 9.93. The van der Waals surface area contributed by atoms with Gasteiger partial charge in [-0.25, -0.2) is 4.98 Å². The average Bonchev–Trinajstić information content (AvgIpc) is 2.73. The molecule has 0 fully saturated rings. The maximum Gasteiger partial charge on any atom is 0.253 e. The third-order valence-corrected chi connectivity index (χ3v) is 3.67. The van der Waals surface area contributed by atoms with Crippen molar-refractivity contribution in [1.82, 2.24) is 9.55 Å². The van der Waals surface area contributed by atoms with Gasteiger partial charge in [0.2, 0.25) is 0 Å². The van der Waals surface area contributed by atoms with Gasteiger partial charge in [0.1, 0.15) is 5.01 Å². The van der Waals surface area contributed by atoms with Crippen LogP contribution >= 0.6 is 11.3 Å². The van der Waals surface area contributed by atoms with Crippen molar-refractivity contribution in [3.63, 3.8) is 0 Å². The lowest BCUT2D eigenvalue weighted by Gasteiger charge is -2.14. The number of aromatic nitrogens is 2. The van der Waals surface area contributed by atoms with Crippen LogP contribution in [0.1, 0.15) is 37.0 Å². The molecule has 0 amide bonds. The number of aryl methyl sites for hydroxylation is 1. The molecule has 0 spiro atoms. The summed E-state index contributed by atoms with van der Waals surface area (Å²) in [4.78, 5) is 16.5. The van der Waals surface area contributed by atoms with Gasteiger partial charge in [0.05, 0.1) is 12.2 Å². The van der Waals surface area contributed by atoms with E-state index in [0.29, 0.717) is 6.54 Å². The van der Waals surface area contributed by atoms with Gasteiger partial charge in [-0.3, -0.25) is 4.79 Å². The Balaban J connectivity index is 2.27. The van der Waals surface area contributed by atoms with Crippen molar-refractivity contribution in [3.05, 3.63) is 50.3 Å². The molecule has 4 heteroatoms. The number of pyridine rings is 1. The smallest absolute Gasteiger partial charge is 0.253 e. The third kappa shape index (κ3) is 2.70. The molecule has 0 radical (unpaired) electrons. The van der Waals surface area contributed by atoms with E-state index in [2.05, 4.69) is 31.1 Å². The maximum atomic E-state index is 11.9.